The first-order chi connectivity index (χ1) is 10.1. The maximum absolute atomic E-state index is 9.30. The smallest absolute Gasteiger partial charge is 0.394 e. The van der Waals surface area contributed by atoms with Crippen molar-refractivity contribution in [1.82, 2.24) is 0 Å². The summed E-state index contributed by atoms with van der Waals surface area (Å²) in [5.74, 6) is 0.267. The molecule has 0 saturated carbocycles. The highest BCUT2D eigenvalue weighted by Gasteiger charge is 1.95. The average Bonchev–Trinajstić information content (AvgIpc) is 2.35. The third kappa shape index (κ3) is 7.90. The summed E-state index contributed by atoms with van der Waals surface area (Å²) < 4.78 is 31.6. The van der Waals surface area contributed by atoms with Gasteiger partial charge in [0.2, 0.25) is 0 Å². The van der Waals surface area contributed by atoms with Crippen LogP contribution < -0.4 is 0 Å². The fourth-order valence-electron chi connectivity index (χ4n) is 1.49. The van der Waals surface area contributed by atoms with E-state index in [-0.39, 0.29) is 17.2 Å². The third-order valence-corrected chi connectivity index (χ3v) is 2.29. The Bertz CT molecular complexity index is 721. The zero-order chi connectivity index (χ0) is 16.8. The van der Waals surface area contributed by atoms with Gasteiger partial charge in [-0.15, -0.1) is 0 Å². The normalized spacial score (nSPS) is 11.0. The number of phenolic OH excluding ortho intramolecular Hbond substituents is 3. The quantitative estimate of drug-likeness (QED) is 0.422. The topological polar surface area (TPSA) is 135 Å². The lowest BCUT2D eigenvalue weighted by molar-refractivity contribution is 0.381. The van der Waals surface area contributed by atoms with Gasteiger partial charge >= 0.3 is 10.4 Å². The number of hydrogen-bond acceptors (Lipinski definition) is 5. The van der Waals surface area contributed by atoms with Crippen LogP contribution in [0.5, 0.6) is 17.2 Å². The first kappa shape index (κ1) is 17.5. The van der Waals surface area contributed by atoms with E-state index in [1.165, 1.54) is 6.07 Å². The van der Waals surface area contributed by atoms with Crippen molar-refractivity contribution in [3.63, 3.8) is 0 Å². The summed E-state index contributed by atoms with van der Waals surface area (Å²) in [4.78, 5) is 0. The molecule has 0 saturated heterocycles. The van der Waals surface area contributed by atoms with Crippen molar-refractivity contribution in [2.75, 3.05) is 0 Å². The molecule has 0 aliphatic carbocycles. The molecule has 0 fully saturated rings. The van der Waals surface area contributed by atoms with E-state index in [9.17, 15) is 10.2 Å². The zero-order valence-electron chi connectivity index (χ0n) is 11.2. The van der Waals surface area contributed by atoms with Crippen molar-refractivity contribution >= 4 is 22.6 Å². The van der Waals surface area contributed by atoms with E-state index >= 15 is 0 Å². The molecular formula is C14H14O7S. The Hall–Kier alpha value is -2.55. The molecule has 0 atom stereocenters. The van der Waals surface area contributed by atoms with Crippen molar-refractivity contribution < 1.29 is 32.8 Å². The van der Waals surface area contributed by atoms with Gasteiger partial charge in [-0.2, -0.15) is 8.42 Å². The van der Waals surface area contributed by atoms with Crippen LogP contribution in [-0.2, 0) is 10.4 Å². The van der Waals surface area contributed by atoms with Gasteiger partial charge in [0.1, 0.15) is 17.2 Å². The summed E-state index contributed by atoms with van der Waals surface area (Å²) in [5.41, 5.74) is 1.63. The Labute approximate surface area is 127 Å². The molecule has 0 bridgehead atoms. The van der Waals surface area contributed by atoms with Gasteiger partial charge in [-0.05, 0) is 35.4 Å². The molecule has 5 N–H and O–H groups in total. The van der Waals surface area contributed by atoms with Crippen molar-refractivity contribution in [2.24, 2.45) is 0 Å². The van der Waals surface area contributed by atoms with Gasteiger partial charge in [0.25, 0.3) is 0 Å². The van der Waals surface area contributed by atoms with Crippen LogP contribution in [-0.4, -0.2) is 32.8 Å². The lowest BCUT2D eigenvalue weighted by Gasteiger charge is -1.98. The van der Waals surface area contributed by atoms with Crippen LogP contribution in [0.4, 0.5) is 0 Å². The van der Waals surface area contributed by atoms with E-state index in [0.717, 1.165) is 5.56 Å². The van der Waals surface area contributed by atoms with Crippen LogP contribution in [0, 0.1) is 0 Å². The van der Waals surface area contributed by atoms with Crippen LogP contribution >= 0.6 is 0 Å². The second-order valence-corrected chi connectivity index (χ2v) is 5.05. The molecular weight excluding hydrogens is 312 g/mol. The van der Waals surface area contributed by atoms with E-state index in [1.54, 1.807) is 42.5 Å². The van der Waals surface area contributed by atoms with Crippen molar-refractivity contribution in [3.8, 4) is 17.2 Å². The Morgan fingerprint density at radius 3 is 1.55 bits per heavy atom. The van der Waals surface area contributed by atoms with Crippen LogP contribution in [0.25, 0.3) is 12.2 Å². The minimum absolute atomic E-state index is 0.0235. The second-order valence-electron chi connectivity index (χ2n) is 4.16. The standard InChI is InChI=1S/C14H12O3.H2O4S/c15-12-5-3-10(4-6-12)1-2-11-7-13(16)9-14(17)8-11;1-5(2,3)4/h1-9,15-17H;(H2,1,2,3,4). The number of phenols is 3. The fraction of sp³-hybridized carbons (Fsp3) is 0. The van der Waals surface area contributed by atoms with E-state index in [4.69, 9.17) is 22.6 Å². The summed E-state index contributed by atoms with van der Waals surface area (Å²) >= 11 is 0. The zero-order valence-corrected chi connectivity index (χ0v) is 12.0. The highest BCUT2D eigenvalue weighted by atomic mass is 32.3. The minimum atomic E-state index is -4.67. The Morgan fingerprint density at radius 1 is 0.682 bits per heavy atom. The summed E-state index contributed by atoms with van der Waals surface area (Å²) in [6, 6.07) is 11.1. The monoisotopic (exact) mass is 326 g/mol. The van der Waals surface area contributed by atoms with Gasteiger partial charge < -0.3 is 15.3 Å². The lowest BCUT2D eigenvalue weighted by Crippen LogP contribution is -1.89. The van der Waals surface area contributed by atoms with Gasteiger partial charge in [-0.3, -0.25) is 9.11 Å². The molecule has 118 valence electrons. The molecule has 0 radical (unpaired) electrons. The summed E-state index contributed by atoms with van der Waals surface area (Å²) in [7, 11) is -4.67. The van der Waals surface area contributed by atoms with Crippen molar-refractivity contribution in [3.05, 3.63) is 53.6 Å². The maximum Gasteiger partial charge on any atom is 0.394 e. The summed E-state index contributed by atoms with van der Waals surface area (Å²) in [6.07, 6.45) is 3.60. The molecule has 2 rings (SSSR count). The molecule has 0 amide bonds. The second kappa shape index (κ2) is 7.46. The molecule has 8 heteroatoms. The molecule has 0 aliphatic rings. The Morgan fingerprint density at radius 2 is 1.09 bits per heavy atom. The largest absolute Gasteiger partial charge is 0.508 e. The highest BCUT2D eigenvalue weighted by molar-refractivity contribution is 7.79. The van der Waals surface area contributed by atoms with Gasteiger partial charge in [0.05, 0.1) is 0 Å². The SMILES string of the molecule is O=S(=O)(O)O.Oc1ccc(C=Cc2cc(O)cc(O)c2)cc1. The predicted molar refractivity (Wildman–Crippen MR) is 81.0 cm³/mol. The first-order valence-corrected chi connectivity index (χ1v) is 7.23. The maximum atomic E-state index is 9.30. The van der Waals surface area contributed by atoms with E-state index in [2.05, 4.69) is 0 Å². The number of benzene rings is 2. The fourth-order valence-corrected chi connectivity index (χ4v) is 1.49. The molecule has 0 heterocycles. The van der Waals surface area contributed by atoms with E-state index < -0.39 is 10.4 Å². The molecule has 0 unspecified atom stereocenters. The Kier molecular flexibility index (Phi) is 5.93. The number of hydrogen-bond donors (Lipinski definition) is 5. The Balaban J connectivity index is 0.000000422. The van der Waals surface area contributed by atoms with Gasteiger partial charge in [-0.1, -0.05) is 24.3 Å². The van der Waals surface area contributed by atoms with Gasteiger partial charge in [0, 0.05) is 6.07 Å². The third-order valence-electron chi connectivity index (χ3n) is 2.29. The van der Waals surface area contributed by atoms with Gasteiger partial charge in [0.15, 0.2) is 0 Å². The molecule has 22 heavy (non-hydrogen) atoms. The molecule has 0 aliphatic heterocycles. The van der Waals surface area contributed by atoms with Crippen LogP contribution in [0.2, 0.25) is 0 Å². The molecule has 0 aromatic heterocycles. The lowest BCUT2D eigenvalue weighted by atomic mass is 10.1. The molecule has 2 aromatic carbocycles. The molecule has 2 aromatic rings. The minimum Gasteiger partial charge on any atom is -0.508 e. The predicted octanol–water partition coefficient (Wildman–Crippen LogP) is 2.32. The first-order valence-electron chi connectivity index (χ1n) is 5.83. The van der Waals surface area contributed by atoms with Crippen molar-refractivity contribution in [2.45, 2.75) is 0 Å². The number of rotatable bonds is 2. The van der Waals surface area contributed by atoms with Crippen molar-refractivity contribution in [1.29, 1.82) is 0 Å². The summed E-state index contributed by atoms with van der Waals surface area (Å²) in [5, 5.41) is 27.7. The average molecular weight is 326 g/mol. The number of aromatic hydroxyl groups is 3. The van der Waals surface area contributed by atoms with E-state index in [0.29, 0.717) is 5.56 Å². The molecule has 0 spiro atoms. The molecule has 7 nitrogen and oxygen atoms in total. The van der Waals surface area contributed by atoms with Crippen LogP contribution in [0.1, 0.15) is 11.1 Å². The van der Waals surface area contributed by atoms with Gasteiger partial charge in [-0.25, -0.2) is 0 Å². The van der Waals surface area contributed by atoms with Crippen LogP contribution in [0.3, 0.4) is 0 Å². The van der Waals surface area contributed by atoms with E-state index in [1.807, 2.05) is 6.08 Å². The highest BCUT2D eigenvalue weighted by Crippen LogP contribution is 2.22. The summed E-state index contributed by atoms with van der Waals surface area (Å²) in [6.45, 7) is 0. The van der Waals surface area contributed by atoms with Crippen LogP contribution in [0.15, 0.2) is 42.5 Å².